The molecule has 2 N–H and O–H groups in total. The van der Waals surface area contributed by atoms with Gasteiger partial charge < -0.3 is 10.6 Å². The number of alkyl halides is 3. The van der Waals surface area contributed by atoms with Crippen molar-refractivity contribution in [3.8, 4) is 5.82 Å². The summed E-state index contributed by atoms with van der Waals surface area (Å²) in [6.07, 6.45) is -1.23. The van der Waals surface area contributed by atoms with Crippen LogP contribution in [0.1, 0.15) is 15.9 Å². The minimum atomic E-state index is -4.62. The molecular formula is C21H15F3N6O. The number of carbonyl (C=O) groups is 1. The van der Waals surface area contributed by atoms with Crippen LogP contribution in [0.4, 0.5) is 30.4 Å². The number of aromatic nitrogens is 4. The van der Waals surface area contributed by atoms with Crippen molar-refractivity contribution in [1.29, 1.82) is 0 Å². The number of benzene rings is 2. The molecule has 0 unspecified atom stereocenters. The molecule has 0 aliphatic rings. The van der Waals surface area contributed by atoms with Gasteiger partial charge in [0.05, 0.1) is 11.1 Å². The molecular weight excluding hydrogens is 409 g/mol. The molecule has 0 fully saturated rings. The summed E-state index contributed by atoms with van der Waals surface area (Å²) in [4.78, 5) is 12.3. The third kappa shape index (κ3) is 4.69. The minimum Gasteiger partial charge on any atom is -0.339 e. The molecule has 2 aromatic heterocycles. The quantitative estimate of drug-likeness (QED) is 0.486. The normalized spacial score (nSPS) is 11.2. The van der Waals surface area contributed by atoms with Crippen molar-refractivity contribution >= 4 is 23.1 Å². The van der Waals surface area contributed by atoms with Crippen molar-refractivity contribution in [3.63, 3.8) is 0 Å². The zero-order valence-corrected chi connectivity index (χ0v) is 15.8. The van der Waals surface area contributed by atoms with E-state index in [0.717, 1.165) is 12.1 Å². The maximum Gasteiger partial charge on any atom is 0.417 e. The van der Waals surface area contributed by atoms with Gasteiger partial charge in [0, 0.05) is 23.8 Å². The smallest absolute Gasteiger partial charge is 0.339 e. The van der Waals surface area contributed by atoms with E-state index in [-0.39, 0.29) is 0 Å². The summed E-state index contributed by atoms with van der Waals surface area (Å²) in [5, 5.41) is 17.8. The molecule has 0 saturated heterocycles. The van der Waals surface area contributed by atoms with Crippen LogP contribution in [-0.4, -0.2) is 25.9 Å². The number of hydrogen-bond donors (Lipinski definition) is 2. The largest absolute Gasteiger partial charge is 0.417 e. The number of anilines is 3. The molecule has 0 atom stereocenters. The van der Waals surface area contributed by atoms with Gasteiger partial charge in [-0.1, -0.05) is 12.1 Å². The van der Waals surface area contributed by atoms with Gasteiger partial charge in [-0.15, -0.1) is 10.2 Å². The molecule has 31 heavy (non-hydrogen) atoms. The van der Waals surface area contributed by atoms with Gasteiger partial charge in [-0.3, -0.25) is 4.79 Å². The lowest BCUT2D eigenvalue weighted by Crippen LogP contribution is -2.18. The van der Waals surface area contributed by atoms with Gasteiger partial charge >= 0.3 is 6.18 Å². The maximum atomic E-state index is 13.1. The molecule has 0 aliphatic heterocycles. The second-order valence-electron chi connectivity index (χ2n) is 6.43. The van der Waals surface area contributed by atoms with Crippen LogP contribution in [0.2, 0.25) is 0 Å². The van der Waals surface area contributed by atoms with Crippen LogP contribution < -0.4 is 10.6 Å². The molecule has 0 aliphatic carbocycles. The lowest BCUT2D eigenvalue weighted by atomic mass is 10.1. The molecule has 1 amide bonds. The van der Waals surface area contributed by atoms with E-state index in [1.165, 1.54) is 12.1 Å². The van der Waals surface area contributed by atoms with Crippen LogP contribution in [0.5, 0.6) is 0 Å². The Balaban J connectivity index is 1.43. The summed E-state index contributed by atoms with van der Waals surface area (Å²) >= 11 is 0. The van der Waals surface area contributed by atoms with Gasteiger partial charge in [-0.25, -0.2) is 4.68 Å². The summed E-state index contributed by atoms with van der Waals surface area (Å²) < 4.78 is 40.9. The summed E-state index contributed by atoms with van der Waals surface area (Å²) in [6, 6.07) is 16.4. The summed E-state index contributed by atoms with van der Waals surface area (Å²) in [5.41, 5.74) is -0.407. The Morgan fingerprint density at radius 3 is 2.26 bits per heavy atom. The summed E-state index contributed by atoms with van der Waals surface area (Å²) in [5.74, 6) is 0.216. The summed E-state index contributed by atoms with van der Waals surface area (Å²) in [6.45, 7) is 0. The SMILES string of the molecule is O=C(Nc1ccc(Nc2ccc(-n3cccn3)nn2)cc1)c1ccccc1C(F)(F)F. The minimum absolute atomic E-state index is 0.354. The Hall–Kier alpha value is -4.21. The van der Waals surface area contributed by atoms with Crippen LogP contribution in [0, 0.1) is 0 Å². The second-order valence-corrected chi connectivity index (χ2v) is 6.43. The van der Waals surface area contributed by atoms with Crippen LogP contribution in [0.3, 0.4) is 0 Å². The van der Waals surface area contributed by atoms with Crippen molar-refractivity contribution in [2.24, 2.45) is 0 Å². The summed E-state index contributed by atoms with van der Waals surface area (Å²) in [7, 11) is 0. The first-order chi connectivity index (χ1) is 14.9. The average Bonchev–Trinajstić information content (AvgIpc) is 3.30. The van der Waals surface area contributed by atoms with Gasteiger partial charge in [0.25, 0.3) is 5.91 Å². The van der Waals surface area contributed by atoms with Crippen LogP contribution in [0.15, 0.2) is 79.1 Å². The van der Waals surface area contributed by atoms with E-state index in [2.05, 4.69) is 25.9 Å². The van der Waals surface area contributed by atoms with Crippen molar-refractivity contribution < 1.29 is 18.0 Å². The number of amides is 1. The monoisotopic (exact) mass is 424 g/mol. The van der Waals surface area contributed by atoms with E-state index in [1.807, 2.05) is 0 Å². The van der Waals surface area contributed by atoms with Crippen LogP contribution >= 0.6 is 0 Å². The highest BCUT2D eigenvalue weighted by molar-refractivity contribution is 6.05. The molecule has 0 spiro atoms. The zero-order chi connectivity index (χ0) is 21.8. The van der Waals surface area contributed by atoms with Gasteiger partial charge in [0.2, 0.25) is 0 Å². The molecule has 2 heterocycles. The molecule has 0 saturated carbocycles. The third-order valence-corrected chi connectivity index (χ3v) is 4.28. The molecule has 0 bridgehead atoms. The van der Waals surface area contributed by atoms with Gasteiger partial charge in [-0.05, 0) is 54.6 Å². The second kappa shape index (κ2) is 8.27. The van der Waals surface area contributed by atoms with E-state index in [4.69, 9.17) is 0 Å². The van der Waals surface area contributed by atoms with E-state index in [0.29, 0.717) is 23.0 Å². The molecule has 10 heteroatoms. The Labute approximate surface area is 174 Å². The maximum absolute atomic E-state index is 13.1. The fraction of sp³-hybridized carbons (Fsp3) is 0.0476. The third-order valence-electron chi connectivity index (χ3n) is 4.28. The first kappa shape index (κ1) is 20.1. The lowest BCUT2D eigenvalue weighted by Gasteiger charge is -2.13. The highest BCUT2D eigenvalue weighted by atomic mass is 19.4. The van der Waals surface area contributed by atoms with Crippen molar-refractivity contribution in [2.45, 2.75) is 6.18 Å². The van der Waals surface area contributed by atoms with Crippen molar-refractivity contribution in [1.82, 2.24) is 20.0 Å². The molecule has 2 aromatic carbocycles. The van der Waals surface area contributed by atoms with E-state index in [9.17, 15) is 18.0 Å². The predicted molar refractivity (Wildman–Crippen MR) is 108 cm³/mol. The number of rotatable bonds is 5. The Kier molecular flexibility index (Phi) is 5.35. The van der Waals surface area contributed by atoms with E-state index < -0.39 is 23.2 Å². The molecule has 0 radical (unpaired) electrons. The first-order valence-electron chi connectivity index (χ1n) is 9.08. The van der Waals surface area contributed by atoms with Gasteiger partial charge in [0.15, 0.2) is 11.6 Å². The van der Waals surface area contributed by atoms with Crippen molar-refractivity contribution in [3.05, 3.63) is 90.3 Å². The number of hydrogen-bond acceptors (Lipinski definition) is 5. The molecule has 4 rings (SSSR count). The Bertz CT molecular complexity index is 1170. The topological polar surface area (TPSA) is 84.7 Å². The number of nitrogens with one attached hydrogen (secondary N) is 2. The standard InChI is InChI=1S/C21H15F3N6O/c22-21(23,24)17-5-2-1-4-16(17)20(31)27-15-8-6-14(7-9-15)26-18-10-11-19(29-28-18)30-13-3-12-25-30/h1-13H,(H,26,28)(H,27,31). The molecule has 7 nitrogen and oxygen atoms in total. The van der Waals surface area contributed by atoms with E-state index >= 15 is 0 Å². The number of halogens is 3. The number of nitrogens with zero attached hydrogens (tertiary/aromatic N) is 4. The van der Waals surface area contributed by atoms with E-state index in [1.54, 1.807) is 59.5 Å². The molecule has 156 valence electrons. The van der Waals surface area contributed by atoms with Crippen LogP contribution in [0.25, 0.3) is 5.82 Å². The fourth-order valence-corrected chi connectivity index (χ4v) is 2.83. The highest BCUT2D eigenvalue weighted by Gasteiger charge is 2.34. The number of carbonyl (C=O) groups excluding carboxylic acids is 1. The predicted octanol–water partition coefficient (Wildman–Crippen LogP) is 4.68. The lowest BCUT2D eigenvalue weighted by molar-refractivity contribution is -0.137. The fourth-order valence-electron chi connectivity index (χ4n) is 2.83. The Morgan fingerprint density at radius 1 is 0.871 bits per heavy atom. The van der Waals surface area contributed by atoms with Crippen LogP contribution in [-0.2, 0) is 6.18 Å². The van der Waals surface area contributed by atoms with Gasteiger partial charge in [0.1, 0.15) is 0 Å². The first-order valence-corrected chi connectivity index (χ1v) is 9.08. The Morgan fingerprint density at radius 2 is 1.61 bits per heavy atom. The molecule has 4 aromatic rings. The zero-order valence-electron chi connectivity index (χ0n) is 15.8. The van der Waals surface area contributed by atoms with Gasteiger partial charge in [-0.2, -0.15) is 18.3 Å². The highest BCUT2D eigenvalue weighted by Crippen LogP contribution is 2.32. The average molecular weight is 424 g/mol. The van der Waals surface area contributed by atoms with Crippen molar-refractivity contribution in [2.75, 3.05) is 10.6 Å².